The summed E-state index contributed by atoms with van der Waals surface area (Å²) in [6.45, 7) is 4.25. The molecule has 5 rings (SSSR count). The van der Waals surface area contributed by atoms with Crippen molar-refractivity contribution in [1.29, 1.82) is 0 Å². The summed E-state index contributed by atoms with van der Waals surface area (Å²) in [4.78, 5) is 33.4. The number of halogens is 3. The highest BCUT2D eigenvalue weighted by Gasteiger charge is 2.62. The number of hydrogen-bond acceptors (Lipinski definition) is 4. The van der Waals surface area contributed by atoms with Gasteiger partial charge in [-0.1, -0.05) is 32.0 Å². The zero-order valence-corrected chi connectivity index (χ0v) is 18.1. The SMILES string of the molecule is CC1(C)CN(c2cc(C(F)(F)F)cc3cncn23)CCC12NC(=O)N(c1ccccc1)C2=O. The molecule has 1 unspecified atom stereocenters. The van der Waals surface area contributed by atoms with E-state index in [4.69, 9.17) is 0 Å². The first-order valence-electron chi connectivity index (χ1n) is 10.5. The molecule has 1 spiro atoms. The van der Waals surface area contributed by atoms with Crippen LogP contribution in [-0.4, -0.2) is 40.0 Å². The molecule has 7 nitrogen and oxygen atoms in total. The Morgan fingerprint density at radius 2 is 1.82 bits per heavy atom. The normalized spacial score (nSPS) is 22.9. The molecular weight excluding hydrogens is 435 g/mol. The number of imide groups is 1. The number of pyridine rings is 1. The minimum Gasteiger partial charge on any atom is -0.357 e. The molecule has 1 N–H and O–H groups in total. The van der Waals surface area contributed by atoms with E-state index < -0.39 is 28.7 Å². The number of fused-ring (bicyclic) bond motifs is 1. The molecule has 2 saturated heterocycles. The Hall–Kier alpha value is -3.56. The molecule has 2 fully saturated rings. The van der Waals surface area contributed by atoms with E-state index in [1.165, 1.54) is 12.5 Å². The molecule has 0 aliphatic carbocycles. The number of para-hydroxylation sites is 1. The molecule has 3 amide bonds. The van der Waals surface area contributed by atoms with Gasteiger partial charge in [0.05, 0.1) is 23.0 Å². The van der Waals surface area contributed by atoms with Crippen molar-refractivity contribution in [1.82, 2.24) is 14.7 Å². The third kappa shape index (κ3) is 3.15. The summed E-state index contributed by atoms with van der Waals surface area (Å²) in [6.07, 6.45) is -1.39. The first-order chi connectivity index (χ1) is 15.5. The van der Waals surface area contributed by atoms with Crippen molar-refractivity contribution in [3.8, 4) is 0 Å². The summed E-state index contributed by atoms with van der Waals surface area (Å²) in [5.74, 6) is -0.00268. The second-order valence-electron chi connectivity index (χ2n) is 9.16. The van der Waals surface area contributed by atoms with Crippen LogP contribution in [0.4, 0.5) is 29.5 Å². The first kappa shape index (κ1) is 21.3. The fourth-order valence-corrected chi connectivity index (χ4v) is 4.96. The minimum absolute atomic E-state index is 0.250. The third-order valence-electron chi connectivity index (χ3n) is 6.76. The van der Waals surface area contributed by atoms with Gasteiger partial charge in [-0.05, 0) is 30.7 Å². The number of alkyl halides is 3. The summed E-state index contributed by atoms with van der Waals surface area (Å²) < 4.78 is 42.1. The van der Waals surface area contributed by atoms with Crippen LogP contribution in [0.15, 0.2) is 55.0 Å². The zero-order valence-electron chi connectivity index (χ0n) is 18.1. The van der Waals surface area contributed by atoms with Gasteiger partial charge in [0.2, 0.25) is 0 Å². The summed E-state index contributed by atoms with van der Waals surface area (Å²) in [5, 5.41) is 2.91. The molecule has 172 valence electrons. The number of carbonyl (C=O) groups is 2. The van der Waals surface area contributed by atoms with Crippen molar-refractivity contribution in [2.75, 3.05) is 22.9 Å². The van der Waals surface area contributed by atoms with E-state index in [-0.39, 0.29) is 25.4 Å². The van der Waals surface area contributed by atoms with Crippen molar-refractivity contribution in [3.63, 3.8) is 0 Å². The number of rotatable bonds is 2. The van der Waals surface area contributed by atoms with Crippen molar-refractivity contribution < 1.29 is 22.8 Å². The number of amides is 3. The summed E-state index contributed by atoms with van der Waals surface area (Å²) >= 11 is 0. The molecule has 33 heavy (non-hydrogen) atoms. The van der Waals surface area contributed by atoms with Crippen LogP contribution in [0.3, 0.4) is 0 Å². The molecule has 0 radical (unpaired) electrons. The largest absolute Gasteiger partial charge is 0.416 e. The summed E-state index contributed by atoms with van der Waals surface area (Å²) in [7, 11) is 0. The van der Waals surface area contributed by atoms with Gasteiger partial charge in [0.1, 0.15) is 17.7 Å². The number of piperidine rings is 1. The van der Waals surface area contributed by atoms with E-state index in [1.54, 1.807) is 34.7 Å². The predicted octanol–water partition coefficient (Wildman–Crippen LogP) is 4.08. The van der Waals surface area contributed by atoms with Crippen LogP contribution in [0.5, 0.6) is 0 Å². The number of nitrogens with one attached hydrogen (secondary N) is 1. The van der Waals surface area contributed by atoms with Crippen molar-refractivity contribution in [2.45, 2.75) is 32.0 Å². The van der Waals surface area contributed by atoms with E-state index in [0.29, 0.717) is 17.0 Å². The Balaban J connectivity index is 1.51. The van der Waals surface area contributed by atoms with Gasteiger partial charge >= 0.3 is 12.2 Å². The van der Waals surface area contributed by atoms with Crippen molar-refractivity contribution in [3.05, 3.63) is 60.6 Å². The fourth-order valence-electron chi connectivity index (χ4n) is 4.96. The molecule has 2 aromatic heterocycles. The second-order valence-corrected chi connectivity index (χ2v) is 9.16. The average molecular weight is 457 g/mol. The predicted molar refractivity (Wildman–Crippen MR) is 116 cm³/mol. The van der Waals surface area contributed by atoms with E-state index in [0.717, 1.165) is 17.0 Å². The third-order valence-corrected chi connectivity index (χ3v) is 6.76. The number of benzene rings is 1. The maximum absolute atomic E-state index is 13.6. The monoisotopic (exact) mass is 457 g/mol. The number of nitrogens with zero attached hydrogens (tertiary/aromatic N) is 4. The van der Waals surface area contributed by atoms with Crippen LogP contribution < -0.4 is 15.1 Å². The van der Waals surface area contributed by atoms with Crippen molar-refractivity contribution >= 4 is 29.0 Å². The Bertz CT molecular complexity index is 1250. The number of anilines is 2. The van der Waals surface area contributed by atoms with Gasteiger partial charge in [-0.25, -0.2) is 14.7 Å². The van der Waals surface area contributed by atoms with Crippen LogP contribution in [0.2, 0.25) is 0 Å². The summed E-state index contributed by atoms with van der Waals surface area (Å²) in [6, 6.07) is 10.3. The Labute approximate surface area is 187 Å². The highest BCUT2D eigenvalue weighted by atomic mass is 19.4. The van der Waals surface area contributed by atoms with E-state index in [2.05, 4.69) is 10.3 Å². The minimum atomic E-state index is -4.50. The van der Waals surface area contributed by atoms with Crippen LogP contribution in [-0.2, 0) is 11.0 Å². The molecule has 10 heteroatoms. The lowest BCUT2D eigenvalue weighted by atomic mass is 9.67. The van der Waals surface area contributed by atoms with Gasteiger partial charge in [-0.3, -0.25) is 9.20 Å². The molecule has 4 heterocycles. The smallest absolute Gasteiger partial charge is 0.357 e. The van der Waals surface area contributed by atoms with Gasteiger partial charge in [-0.2, -0.15) is 13.2 Å². The Morgan fingerprint density at radius 3 is 2.48 bits per heavy atom. The molecule has 2 aliphatic rings. The van der Waals surface area contributed by atoms with Gasteiger partial charge < -0.3 is 10.2 Å². The molecule has 2 aliphatic heterocycles. The molecule has 0 saturated carbocycles. The zero-order chi connectivity index (χ0) is 23.6. The molecule has 1 atom stereocenters. The number of imidazole rings is 1. The summed E-state index contributed by atoms with van der Waals surface area (Å²) in [5.41, 5.74) is -1.88. The lowest BCUT2D eigenvalue weighted by Crippen LogP contribution is -2.66. The lowest BCUT2D eigenvalue weighted by molar-refractivity contribution is -0.137. The van der Waals surface area contributed by atoms with Gasteiger partial charge in [0, 0.05) is 18.5 Å². The number of carbonyl (C=O) groups excluding carboxylic acids is 2. The number of hydrogen-bond donors (Lipinski definition) is 1. The maximum atomic E-state index is 13.6. The van der Waals surface area contributed by atoms with Gasteiger partial charge in [0.25, 0.3) is 5.91 Å². The lowest BCUT2D eigenvalue weighted by Gasteiger charge is -2.50. The average Bonchev–Trinajstić information content (AvgIpc) is 3.32. The molecule has 0 bridgehead atoms. The van der Waals surface area contributed by atoms with Gasteiger partial charge in [-0.15, -0.1) is 0 Å². The second kappa shape index (κ2) is 6.97. The van der Waals surface area contributed by atoms with E-state index in [1.807, 2.05) is 18.7 Å². The molecule has 3 aromatic rings. The van der Waals surface area contributed by atoms with E-state index >= 15 is 0 Å². The fraction of sp³-hybridized carbons (Fsp3) is 0.348. The number of urea groups is 1. The first-order valence-corrected chi connectivity index (χ1v) is 10.5. The highest BCUT2D eigenvalue weighted by Crippen LogP contribution is 2.45. The standard InChI is InChI=1S/C23H22F3N5O2/c1-21(2)13-29(18-11-15(23(24,25)26)10-17-12-27-14-30(17)18)9-8-22(21)19(32)31(20(33)28-22)16-6-4-3-5-7-16/h3-7,10-12,14H,8-9,13H2,1-2H3,(H,28,33). The van der Waals surface area contributed by atoms with Crippen LogP contribution >= 0.6 is 0 Å². The molecule has 1 aromatic carbocycles. The topological polar surface area (TPSA) is 70.0 Å². The maximum Gasteiger partial charge on any atom is 0.416 e. The highest BCUT2D eigenvalue weighted by molar-refractivity contribution is 6.23. The Kier molecular flexibility index (Phi) is 4.50. The number of aromatic nitrogens is 2. The van der Waals surface area contributed by atoms with Crippen LogP contribution in [0, 0.1) is 5.41 Å². The van der Waals surface area contributed by atoms with E-state index in [9.17, 15) is 22.8 Å². The van der Waals surface area contributed by atoms with Crippen molar-refractivity contribution in [2.24, 2.45) is 5.41 Å². The van der Waals surface area contributed by atoms with Crippen LogP contribution in [0.1, 0.15) is 25.8 Å². The molecular formula is C23H22F3N5O2. The Morgan fingerprint density at radius 1 is 1.09 bits per heavy atom. The van der Waals surface area contributed by atoms with Gasteiger partial charge in [0.15, 0.2) is 0 Å². The quantitative estimate of drug-likeness (QED) is 0.589. The van der Waals surface area contributed by atoms with Crippen LogP contribution in [0.25, 0.3) is 5.52 Å².